The van der Waals surface area contributed by atoms with Gasteiger partial charge >= 0.3 is 0 Å². The van der Waals surface area contributed by atoms with Crippen LogP contribution < -0.4 is 11.1 Å². The highest BCUT2D eigenvalue weighted by atomic mass is 79.9. The highest BCUT2D eigenvalue weighted by Crippen LogP contribution is 2.35. The normalized spacial score (nSPS) is 29.5. The van der Waals surface area contributed by atoms with Crippen LogP contribution in [-0.2, 0) is 10.6 Å². The summed E-state index contributed by atoms with van der Waals surface area (Å²) < 4.78 is 6.84. The third-order valence-corrected chi connectivity index (χ3v) is 4.51. The number of aromatic nitrogens is 2. The summed E-state index contributed by atoms with van der Waals surface area (Å²) in [5.41, 5.74) is 5.75. The van der Waals surface area contributed by atoms with E-state index in [-0.39, 0.29) is 5.82 Å². The summed E-state index contributed by atoms with van der Waals surface area (Å²) >= 11 is 3.28. The molecule has 0 radical (unpaired) electrons. The number of imidazole rings is 1. The smallest absolute Gasteiger partial charge is 0.291 e. The van der Waals surface area contributed by atoms with Gasteiger partial charge in [0, 0.05) is 22.6 Å². The van der Waals surface area contributed by atoms with E-state index in [1.165, 1.54) is 12.4 Å². The summed E-state index contributed by atoms with van der Waals surface area (Å²) in [6, 6.07) is 6.75. The van der Waals surface area contributed by atoms with E-state index in [1.54, 1.807) is 24.3 Å². The molecular weight excluding hydrogens is 412 g/mol. The summed E-state index contributed by atoms with van der Waals surface area (Å²) in [5.74, 6) is -3.51. The van der Waals surface area contributed by atoms with Crippen LogP contribution in [0.1, 0.15) is 10.6 Å². The molecule has 1 aliphatic rings. The number of nitrogens with two attached hydrogens (primary N) is 1. The molecule has 0 bridgehead atoms. The van der Waals surface area contributed by atoms with Gasteiger partial charge < -0.3 is 36.2 Å². The maximum absolute atomic E-state index is 12.5. The number of aliphatic hydroxyl groups excluding tert-OH is 3. The lowest BCUT2D eigenvalue weighted by atomic mass is 10.1. The van der Waals surface area contributed by atoms with Gasteiger partial charge in [0.1, 0.15) is 18.4 Å². The topological polar surface area (TPSA) is 163 Å². The third-order valence-electron chi connectivity index (χ3n) is 3.98. The number of anilines is 1. The summed E-state index contributed by atoms with van der Waals surface area (Å²) in [6.45, 7) is 0. The fraction of sp³-hybridized carbons (Fsp3) is 0.333. The standard InChI is InChI=1S/C15H17BrN4O6/c16-7-1-3-8(4-2-7)19-14(24)13-18-5-6-20(13)15(25)11(22)9(21)10(26-15)12(17)23/h1-6,9-12,21-23,25H,17H2,(H,19,24)/t9-,10+,11-,12?,15-/m1/s1. The second kappa shape index (κ2) is 7.04. The Morgan fingerprint density at radius 3 is 2.62 bits per heavy atom. The molecule has 0 spiro atoms. The molecule has 2 aromatic rings. The number of halogens is 1. The first-order valence-electron chi connectivity index (χ1n) is 7.55. The zero-order valence-corrected chi connectivity index (χ0v) is 14.8. The SMILES string of the molecule is NC(O)[C@H]1O[C@@](O)(n2ccnc2C(=O)Nc2ccc(Br)cc2)[C@H](O)[C@@H]1O. The minimum atomic E-state index is -2.53. The monoisotopic (exact) mass is 428 g/mol. The second-order valence-corrected chi connectivity index (χ2v) is 6.66. The first-order valence-corrected chi connectivity index (χ1v) is 8.34. The predicted molar refractivity (Wildman–Crippen MR) is 91.6 cm³/mol. The van der Waals surface area contributed by atoms with Crippen LogP contribution in [0.4, 0.5) is 5.69 Å². The van der Waals surface area contributed by atoms with Gasteiger partial charge in [0.15, 0.2) is 6.10 Å². The number of hydrogen-bond donors (Lipinski definition) is 6. The first-order chi connectivity index (χ1) is 12.2. The molecule has 5 atom stereocenters. The predicted octanol–water partition coefficient (Wildman–Crippen LogP) is -1.10. The molecule has 3 rings (SSSR count). The molecule has 1 unspecified atom stereocenters. The van der Waals surface area contributed by atoms with E-state index in [0.29, 0.717) is 5.69 Å². The number of ether oxygens (including phenoxy) is 1. The van der Waals surface area contributed by atoms with Crippen LogP contribution in [-0.4, -0.2) is 60.4 Å². The number of carbonyl (C=O) groups is 1. The van der Waals surface area contributed by atoms with Crippen LogP contribution in [0, 0.1) is 0 Å². The highest BCUT2D eigenvalue weighted by molar-refractivity contribution is 9.10. The Kier molecular flexibility index (Phi) is 5.12. The lowest BCUT2D eigenvalue weighted by molar-refractivity contribution is -0.293. The van der Waals surface area contributed by atoms with Crippen LogP contribution in [0.3, 0.4) is 0 Å². The zero-order chi connectivity index (χ0) is 19.1. The van der Waals surface area contributed by atoms with Crippen LogP contribution >= 0.6 is 15.9 Å². The Morgan fingerprint density at radius 2 is 2.04 bits per heavy atom. The molecule has 140 valence electrons. The van der Waals surface area contributed by atoms with Crippen molar-refractivity contribution >= 4 is 27.5 Å². The van der Waals surface area contributed by atoms with Gasteiger partial charge in [-0.05, 0) is 24.3 Å². The Morgan fingerprint density at radius 1 is 1.38 bits per heavy atom. The molecule has 0 aliphatic carbocycles. The zero-order valence-electron chi connectivity index (χ0n) is 13.2. The van der Waals surface area contributed by atoms with Crippen molar-refractivity contribution in [1.29, 1.82) is 0 Å². The van der Waals surface area contributed by atoms with Crippen LogP contribution in [0.5, 0.6) is 0 Å². The molecule has 1 amide bonds. The summed E-state index contributed by atoms with van der Waals surface area (Å²) in [6.07, 6.45) is -4.26. The number of nitrogens with one attached hydrogen (secondary N) is 1. The summed E-state index contributed by atoms with van der Waals surface area (Å²) in [5, 5.41) is 42.8. The van der Waals surface area contributed by atoms with Crippen molar-refractivity contribution in [1.82, 2.24) is 9.55 Å². The molecule has 7 N–H and O–H groups in total. The van der Waals surface area contributed by atoms with E-state index < -0.39 is 36.4 Å². The van der Waals surface area contributed by atoms with E-state index in [1.807, 2.05) is 0 Å². The van der Waals surface area contributed by atoms with Gasteiger partial charge in [-0.2, -0.15) is 0 Å². The summed E-state index contributed by atoms with van der Waals surface area (Å²) in [4.78, 5) is 16.4. The van der Waals surface area contributed by atoms with Gasteiger partial charge in [0.25, 0.3) is 11.8 Å². The first kappa shape index (κ1) is 18.9. The van der Waals surface area contributed by atoms with Crippen molar-refractivity contribution in [2.24, 2.45) is 5.73 Å². The number of benzene rings is 1. The molecule has 26 heavy (non-hydrogen) atoms. The van der Waals surface area contributed by atoms with Gasteiger partial charge in [-0.3, -0.25) is 9.36 Å². The molecule has 1 fully saturated rings. The van der Waals surface area contributed by atoms with Crippen LogP contribution in [0.25, 0.3) is 0 Å². The van der Waals surface area contributed by atoms with Crippen molar-refractivity contribution in [2.45, 2.75) is 30.5 Å². The van der Waals surface area contributed by atoms with Gasteiger partial charge in [0.05, 0.1) is 0 Å². The summed E-state index contributed by atoms with van der Waals surface area (Å²) in [7, 11) is 0. The van der Waals surface area contributed by atoms with Crippen molar-refractivity contribution in [2.75, 3.05) is 5.32 Å². The van der Waals surface area contributed by atoms with Crippen molar-refractivity contribution in [3.63, 3.8) is 0 Å². The minimum Gasteiger partial charge on any atom is -0.387 e. The van der Waals surface area contributed by atoms with E-state index in [9.17, 15) is 25.2 Å². The molecule has 10 nitrogen and oxygen atoms in total. The van der Waals surface area contributed by atoms with Gasteiger partial charge in [0.2, 0.25) is 5.82 Å². The Bertz CT molecular complexity index is 798. The number of carbonyl (C=O) groups excluding carboxylic acids is 1. The Labute approximate surface area is 156 Å². The minimum absolute atomic E-state index is 0.283. The molecule has 1 aromatic heterocycles. The number of aliphatic hydroxyl groups is 4. The molecule has 1 aromatic carbocycles. The van der Waals surface area contributed by atoms with E-state index in [4.69, 9.17) is 10.5 Å². The van der Waals surface area contributed by atoms with E-state index >= 15 is 0 Å². The van der Waals surface area contributed by atoms with Crippen molar-refractivity contribution in [3.8, 4) is 0 Å². The molecular formula is C15H17BrN4O6. The average molecular weight is 429 g/mol. The number of rotatable bonds is 4. The Balaban J connectivity index is 1.88. The number of amides is 1. The van der Waals surface area contributed by atoms with Crippen molar-refractivity contribution < 1.29 is 30.0 Å². The molecule has 1 aliphatic heterocycles. The van der Waals surface area contributed by atoms with Crippen LogP contribution in [0.2, 0.25) is 0 Å². The van der Waals surface area contributed by atoms with Crippen LogP contribution in [0.15, 0.2) is 41.1 Å². The third kappa shape index (κ3) is 3.25. The lowest BCUT2D eigenvalue weighted by Gasteiger charge is -2.28. The highest BCUT2D eigenvalue weighted by Gasteiger charge is 2.57. The molecule has 1 saturated heterocycles. The van der Waals surface area contributed by atoms with Gasteiger partial charge in [-0.1, -0.05) is 15.9 Å². The van der Waals surface area contributed by atoms with Gasteiger partial charge in [-0.25, -0.2) is 4.98 Å². The molecule has 2 heterocycles. The number of hydrogen-bond acceptors (Lipinski definition) is 8. The van der Waals surface area contributed by atoms with Crippen molar-refractivity contribution in [3.05, 3.63) is 47.0 Å². The largest absolute Gasteiger partial charge is 0.387 e. The van der Waals surface area contributed by atoms with Gasteiger partial charge in [-0.15, -0.1) is 0 Å². The van der Waals surface area contributed by atoms with E-state index in [2.05, 4.69) is 26.2 Å². The van der Waals surface area contributed by atoms with E-state index in [0.717, 1.165) is 9.04 Å². The Hall–Kier alpha value is -1.86. The average Bonchev–Trinajstić information content (AvgIpc) is 3.17. The maximum Gasteiger partial charge on any atom is 0.291 e. The number of nitrogens with zero attached hydrogens (tertiary/aromatic N) is 2. The fourth-order valence-corrected chi connectivity index (χ4v) is 2.93. The second-order valence-electron chi connectivity index (χ2n) is 5.75. The maximum atomic E-state index is 12.5. The lowest BCUT2D eigenvalue weighted by Crippen LogP contribution is -2.47. The molecule has 11 heteroatoms. The quantitative estimate of drug-likeness (QED) is 0.334. The fourth-order valence-electron chi connectivity index (χ4n) is 2.66. The molecule has 0 saturated carbocycles.